The highest BCUT2D eigenvalue weighted by Gasteiger charge is 2.30. The molecule has 0 spiro atoms. The molecule has 144 valence electrons. The van der Waals surface area contributed by atoms with Gasteiger partial charge >= 0.3 is 0 Å². The van der Waals surface area contributed by atoms with Crippen molar-refractivity contribution in [2.45, 2.75) is 45.6 Å². The summed E-state index contributed by atoms with van der Waals surface area (Å²) in [5.74, 6) is 1.05. The van der Waals surface area contributed by atoms with E-state index in [0.717, 1.165) is 37.1 Å². The van der Waals surface area contributed by atoms with Gasteiger partial charge in [-0.15, -0.1) is 0 Å². The third-order valence-corrected chi connectivity index (χ3v) is 5.98. The van der Waals surface area contributed by atoms with E-state index >= 15 is 0 Å². The minimum Gasteiger partial charge on any atom is -0.489 e. The third-order valence-electron chi connectivity index (χ3n) is 5.27. The van der Waals surface area contributed by atoms with Crippen molar-refractivity contribution in [1.82, 2.24) is 4.98 Å². The van der Waals surface area contributed by atoms with E-state index in [1.807, 2.05) is 32.0 Å². The maximum Gasteiger partial charge on any atom is 0.227 e. The summed E-state index contributed by atoms with van der Waals surface area (Å²) in [5, 5.41) is 4.21. The molecule has 1 unspecified atom stereocenters. The topological polar surface area (TPSA) is 51.2 Å². The van der Waals surface area contributed by atoms with Gasteiger partial charge in [0.05, 0.1) is 11.8 Å². The summed E-state index contributed by atoms with van der Waals surface area (Å²) < 4.78 is 6.08. The number of hydrogen-bond donors (Lipinski definition) is 1. The first-order valence-electron chi connectivity index (χ1n) is 9.28. The number of halogens is 2. The summed E-state index contributed by atoms with van der Waals surface area (Å²) in [6.45, 7) is 3.87. The minimum atomic E-state index is -0.0478. The fourth-order valence-electron chi connectivity index (χ4n) is 3.51. The van der Waals surface area contributed by atoms with E-state index in [1.165, 1.54) is 0 Å². The van der Waals surface area contributed by atoms with Crippen LogP contribution in [0.25, 0.3) is 0 Å². The van der Waals surface area contributed by atoms with Crippen LogP contribution in [0.5, 0.6) is 5.75 Å². The third kappa shape index (κ3) is 5.14. The quantitative estimate of drug-likeness (QED) is 0.671. The van der Waals surface area contributed by atoms with E-state index < -0.39 is 0 Å². The van der Waals surface area contributed by atoms with Crippen LogP contribution in [0.3, 0.4) is 0 Å². The van der Waals surface area contributed by atoms with Gasteiger partial charge in [-0.25, -0.2) is 0 Å². The van der Waals surface area contributed by atoms with Crippen molar-refractivity contribution in [2.24, 2.45) is 11.8 Å². The molecule has 27 heavy (non-hydrogen) atoms. The van der Waals surface area contributed by atoms with Crippen LogP contribution in [0, 0.1) is 18.8 Å². The second-order valence-corrected chi connectivity index (χ2v) is 7.96. The molecule has 1 atom stereocenters. The maximum absolute atomic E-state index is 12.6. The van der Waals surface area contributed by atoms with Crippen molar-refractivity contribution in [2.75, 3.05) is 5.32 Å². The molecule has 1 amide bonds. The number of amides is 1. The fraction of sp³-hybridized carbons (Fsp3) is 0.429. The van der Waals surface area contributed by atoms with Gasteiger partial charge in [-0.3, -0.25) is 9.78 Å². The van der Waals surface area contributed by atoms with Gasteiger partial charge in [-0.1, -0.05) is 30.1 Å². The molecule has 1 aromatic heterocycles. The normalized spacial score (nSPS) is 20.7. The maximum atomic E-state index is 12.6. The van der Waals surface area contributed by atoms with Crippen molar-refractivity contribution in [3.05, 3.63) is 52.3 Å². The molecule has 0 radical (unpaired) electrons. The highest BCUT2D eigenvalue weighted by atomic mass is 35.5. The molecule has 1 N–H and O–H groups in total. The standard InChI is InChI=1S/C21H24Cl2N2O2/c1-13(21(26)25-17-7-5-16(22)6-8-17)15-3-9-18(10-4-15)27-19-11-12-24-14(2)20(19)23/h5-8,11-13,15,18H,3-4,9-10H2,1-2H3,(H,25,26). The van der Waals surface area contributed by atoms with Crippen molar-refractivity contribution in [3.63, 3.8) is 0 Å². The number of benzene rings is 1. The Bertz CT molecular complexity index is 787. The van der Waals surface area contributed by atoms with E-state index in [-0.39, 0.29) is 17.9 Å². The van der Waals surface area contributed by atoms with E-state index in [2.05, 4.69) is 10.3 Å². The van der Waals surface area contributed by atoms with Gasteiger partial charge in [-0.2, -0.15) is 0 Å². The molecule has 1 aromatic carbocycles. The van der Waals surface area contributed by atoms with Crippen LogP contribution in [0.4, 0.5) is 5.69 Å². The Hall–Kier alpha value is -1.78. The summed E-state index contributed by atoms with van der Waals surface area (Å²) in [7, 11) is 0. The molecule has 1 aliphatic rings. The second kappa shape index (κ2) is 8.94. The van der Waals surface area contributed by atoms with Crippen molar-refractivity contribution in [1.29, 1.82) is 0 Å². The fourth-order valence-corrected chi connectivity index (χ4v) is 3.79. The van der Waals surface area contributed by atoms with Gasteiger partial charge in [0.2, 0.25) is 5.91 Å². The summed E-state index contributed by atoms with van der Waals surface area (Å²) in [6, 6.07) is 8.99. The van der Waals surface area contributed by atoms with E-state index in [4.69, 9.17) is 27.9 Å². The molecule has 6 heteroatoms. The van der Waals surface area contributed by atoms with Crippen molar-refractivity contribution < 1.29 is 9.53 Å². The van der Waals surface area contributed by atoms with E-state index in [0.29, 0.717) is 21.7 Å². The molecule has 2 aromatic rings. The zero-order chi connectivity index (χ0) is 19.4. The highest BCUT2D eigenvalue weighted by molar-refractivity contribution is 6.32. The van der Waals surface area contributed by atoms with Gasteiger partial charge in [-0.05, 0) is 62.8 Å². The number of pyridine rings is 1. The molecule has 1 saturated carbocycles. The molecule has 0 bridgehead atoms. The molecule has 3 rings (SSSR count). The van der Waals surface area contributed by atoms with Crippen LogP contribution >= 0.6 is 23.2 Å². The average Bonchev–Trinajstić information content (AvgIpc) is 2.67. The van der Waals surface area contributed by atoms with Gasteiger partial charge < -0.3 is 10.1 Å². The van der Waals surface area contributed by atoms with E-state index in [9.17, 15) is 4.79 Å². The Balaban J connectivity index is 1.51. The largest absolute Gasteiger partial charge is 0.489 e. The predicted octanol–water partition coefficient (Wildman–Crippen LogP) is 5.91. The Kier molecular flexibility index (Phi) is 6.61. The first-order valence-corrected chi connectivity index (χ1v) is 10.0. The van der Waals surface area contributed by atoms with Gasteiger partial charge in [0.15, 0.2) is 0 Å². The molecule has 1 fully saturated rings. The molecule has 1 aliphatic carbocycles. The van der Waals surface area contributed by atoms with Crippen LogP contribution in [0.1, 0.15) is 38.3 Å². The lowest BCUT2D eigenvalue weighted by atomic mass is 9.79. The number of rotatable bonds is 5. The zero-order valence-electron chi connectivity index (χ0n) is 15.5. The number of carbonyl (C=O) groups excluding carboxylic acids is 1. The highest BCUT2D eigenvalue weighted by Crippen LogP contribution is 2.35. The first kappa shape index (κ1) is 20.0. The smallest absolute Gasteiger partial charge is 0.227 e. The number of nitrogens with one attached hydrogen (secondary N) is 1. The second-order valence-electron chi connectivity index (χ2n) is 7.15. The molecular weight excluding hydrogens is 383 g/mol. The van der Waals surface area contributed by atoms with E-state index in [1.54, 1.807) is 18.3 Å². The Morgan fingerprint density at radius 3 is 2.48 bits per heavy atom. The van der Waals surface area contributed by atoms with Crippen molar-refractivity contribution in [3.8, 4) is 5.75 Å². The number of hydrogen-bond acceptors (Lipinski definition) is 3. The summed E-state index contributed by atoms with van der Waals surface area (Å²) in [5.41, 5.74) is 1.55. The van der Waals surface area contributed by atoms with Crippen LogP contribution in [-0.2, 0) is 4.79 Å². The number of anilines is 1. The monoisotopic (exact) mass is 406 g/mol. The molecular formula is C21H24Cl2N2O2. The van der Waals surface area contributed by atoms with Crippen LogP contribution in [-0.4, -0.2) is 17.0 Å². The lowest BCUT2D eigenvalue weighted by Crippen LogP contribution is -2.32. The molecule has 0 saturated heterocycles. The number of nitrogens with zero attached hydrogens (tertiary/aromatic N) is 1. The SMILES string of the molecule is Cc1nccc(OC2CCC(C(C)C(=O)Nc3ccc(Cl)cc3)CC2)c1Cl. The lowest BCUT2D eigenvalue weighted by Gasteiger charge is -2.32. The Morgan fingerprint density at radius 2 is 1.81 bits per heavy atom. The average molecular weight is 407 g/mol. The van der Waals surface area contributed by atoms with Gasteiger partial charge in [0.25, 0.3) is 0 Å². The first-order chi connectivity index (χ1) is 12.9. The molecule has 4 nitrogen and oxygen atoms in total. The zero-order valence-corrected chi connectivity index (χ0v) is 17.1. The summed E-state index contributed by atoms with van der Waals surface area (Å²) in [6.07, 6.45) is 5.60. The summed E-state index contributed by atoms with van der Waals surface area (Å²) in [4.78, 5) is 16.7. The van der Waals surface area contributed by atoms with Crippen molar-refractivity contribution >= 4 is 34.8 Å². The Morgan fingerprint density at radius 1 is 1.15 bits per heavy atom. The molecule has 1 heterocycles. The minimum absolute atomic E-state index is 0.0478. The van der Waals surface area contributed by atoms with Gasteiger partial charge in [0, 0.05) is 28.9 Å². The van der Waals surface area contributed by atoms with Crippen LogP contribution in [0.2, 0.25) is 10.0 Å². The number of ether oxygens (including phenoxy) is 1. The number of aryl methyl sites for hydroxylation is 1. The lowest BCUT2D eigenvalue weighted by molar-refractivity contribution is -0.121. The number of carbonyl (C=O) groups is 1. The predicted molar refractivity (Wildman–Crippen MR) is 110 cm³/mol. The number of aromatic nitrogens is 1. The van der Waals surface area contributed by atoms with Crippen LogP contribution in [0.15, 0.2) is 36.5 Å². The van der Waals surface area contributed by atoms with Gasteiger partial charge in [0.1, 0.15) is 10.8 Å². The Labute approximate surface area is 170 Å². The summed E-state index contributed by atoms with van der Waals surface area (Å²) >= 11 is 12.2. The molecule has 0 aliphatic heterocycles. The van der Waals surface area contributed by atoms with Crippen LogP contribution < -0.4 is 10.1 Å².